The lowest BCUT2D eigenvalue weighted by atomic mass is 9.96. The van der Waals surface area contributed by atoms with Crippen LogP contribution in [0.25, 0.3) is 10.8 Å². The molecule has 1 atom stereocenters. The van der Waals surface area contributed by atoms with E-state index in [0.29, 0.717) is 6.42 Å². The van der Waals surface area contributed by atoms with Crippen LogP contribution in [-0.4, -0.2) is 5.11 Å². The Balaban J connectivity index is 1.94. The van der Waals surface area contributed by atoms with Crippen LogP contribution >= 0.6 is 15.9 Å². The molecule has 100 valence electrons. The quantitative estimate of drug-likeness (QED) is 0.727. The van der Waals surface area contributed by atoms with Gasteiger partial charge in [-0.25, -0.2) is 0 Å². The molecule has 0 heterocycles. The lowest BCUT2D eigenvalue weighted by Gasteiger charge is -2.14. The van der Waals surface area contributed by atoms with Gasteiger partial charge in [-0.15, -0.1) is 0 Å². The maximum Gasteiger partial charge on any atom is 0.0836 e. The van der Waals surface area contributed by atoms with E-state index in [0.717, 1.165) is 21.0 Å². The third-order valence-electron chi connectivity index (χ3n) is 3.50. The molecule has 0 bridgehead atoms. The zero-order valence-electron chi connectivity index (χ0n) is 11.0. The molecule has 1 unspecified atom stereocenters. The molecule has 3 rings (SSSR count). The second-order valence-corrected chi connectivity index (χ2v) is 5.83. The van der Waals surface area contributed by atoms with Gasteiger partial charge < -0.3 is 5.11 Å². The van der Waals surface area contributed by atoms with Crippen molar-refractivity contribution in [2.75, 3.05) is 0 Å². The maximum absolute atomic E-state index is 10.5. The van der Waals surface area contributed by atoms with Crippen LogP contribution in [0.15, 0.2) is 71.2 Å². The minimum atomic E-state index is -0.490. The zero-order chi connectivity index (χ0) is 13.9. The van der Waals surface area contributed by atoms with E-state index in [-0.39, 0.29) is 0 Å². The van der Waals surface area contributed by atoms with Crippen LogP contribution in [0.4, 0.5) is 0 Å². The molecule has 0 fully saturated rings. The largest absolute Gasteiger partial charge is 0.388 e. The van der Waals surface area contributed by atoms with Crippen molar-refractivity contribution in [2.45, 2.75) is 12.5 Å². The maximum atomic E-state index is 10.5. The van der Waals surface area contributed by atoms with E-state index >= 15 is 0 Å². The van der Waals surface area contributed by atoms with Gasteiger partial charge in [0, 0.05) is 10.9 Å². The van der Waals surface area contributed by atoms with Crippen LogP contribution in [0.2, 0.25) is 0 Å². The fourth-order valence-corrected chi connectivity index (χ4v) is 2.98. The van der Waals surface area contributed by atoms with Crippen molar-refractivity contribution in [2.24, 2.45) is 0 Å². The smallest absolute Gasteiger partial charge is 0.0836 e. The predicted molar refractivity (Wildman–Crippen MR) is 86.8 cm³/mol. The van der Waals surface area contributed by atoms with E-state index in [1.807, 2.05) is 48.5 Å². The number of benzene rings is 3. The number of fused-ring (bicyclic) bond motifs is 1. The molecule has 3 aromatic rings. The molecule has 0 saturated heterocycles. The molecule has 0 aliphatic rings. The molecule has 0 aromatic heterocycles. The minimum Gasteiger partial charge on any atom is -0.388 e. The summed E-state index contributed by atoms with van der Waals surface area (Å²) in [7, 11) is 0. The van der Waals surface area contributed by atoms with Crippen LogP contribution in [-0.2, 0) is 6.42 Å². The van der Waals surface area contributed by atoms with Gasteiger partial charge >= 0.3 is 0 Å². The Morgan fingerprint density at radius 1 is 0.900 bits per heavy atom. The van der Waals surface area contributed by atoms with Gasteiger partial charge in [0.15, 0.2) is 0 Å². The highest BCUT2D eigenvalue weighted by Gasteiger charge is 2.11. The predicted octanol–water partition coefficient (Wildman–Crippen LogP) is 4.88. The van der Waals surface area contributed by atoms with E-state index in [2.05, 4.69) is 34.1 Å². The number of aliphatic hydroxyl groups is 1. The Bertz CT molecular complexity index is 731. The summed E-state index contributed by atoms with van der Waals surface area (Å²) in [5.74, 6) is 0. The summed E-state index contributed by atoms with van der Waals surface area (Å²) < 4.78 is 1.04. The summed E-state index contributed by atoms with van der Waals surface area (Å²) >= 11 is 3.47. The molecule has 3 aromatic carbocycles. The molecule has 2 heteroatoms. The van der Waals surface area contributed by atoms with Gasteiger partial charge in [0.25, 0.3) is 0 Å². The van der Waals surface area contributed by atoms with Crippen LogP contribution in [0.5, 0.6) is 0 Å². The van der Waals surface area contributed by atoms with E-state index < -0.39 is 6.10 Å². The van der Waals surface area contributed by atoms with Crippen molar-refractivity contribution in [3.8, 4) is 0 Å². The summed E-state index contributed by atoms with van der Waals surface area (Å²) in [6.07, 6.45) is 0.128. The van der Waals surface area contributed by atoms with Crippen LogP contribution in [0.1, 0.15) is 17.2 Å². The fourth-order valence-electron chi connectivity index (χ4n) is 2.54. The van der Waals surface area contributed by atoms with Gasteiger partial charge in [0.1, 0.15) is 0 Å². The normalized spacial score (nSPS) is 12.5. The Labute approximate surface area is 127 Å². The van der Waals surface area contributed by atoms with Gasteiger partial charge in [-0.1, -0.05) is 70.5 Å². The van der Waals surface area contributed by atoms with E-state index in [4.69, 9.17) is 0 Å². The minimum absolute atomic E-state index is 0.490. The number of aliphatic hydroxyl groups excluding tert-OH is 1. The molecule has 1 N–H and O–H groups in total. The van der Waals surface area contributed by atoms with Gasteiger partial charge in [0.2, 0.25) is 0 Å². The first kappa shape index (κ1) is 13.3. The van der Waals surface area contributed by atoms with Gasteiger partial charge in [-0.3, -0.25) is 0 Å². The van der Waals surface area contributed by atoms with Crippen LogP contribution < -0.4 is 0 Å². The van der Waals surface area contributed by atoms with E-state index in [1.165, 1.54) is 5.39 Å². The van der Waals surface area contributed by atoms with Crippen molar-refractivity contribution in [3.05, 3.63) is 82.3 Å². The summed E-state index contributed by atoms with van der Waals surface area (Å²) in [6, 6.07) is 22.3. The first-order valence-electron chi connectivity index (χ1n) is 6.64. The monoisotopic (exact) mass is 326 g/mol. The van der Waals surface area contributed by atoms with Crippen molar-refractivity contribution >= 4 is 26.7 Å². The molecular weight excluding hydrogens is 312 g/mol. The Hall–Kier alpha value is -1.64. The summed E-state index contributed by atoms with van der Waals surface area (Å²) in [5, 5.41) is 12.8. The number of halogens is 1. The molecule has 0 radical (unpaired) electrons. The van der Waals surface area contributed by atoms with Gasteiger partial charge in [-0.05, 0) is 34.0 Å². The first-order chi connectivity index (χ1) is 9.74. The van der Waals surface area contributed by atoms with Crippen molar-refractivity contribution in [1.29, 1.82) is 0 Å². The Morgan fingerprint density at radius 2 is 1.65 bits per heavy atom. The number of hydrogen-bond acceptors (Lipinski definition) is 1. The third kappa shape index (κ3) is 2.77. The second-order valence-electron chi connectivity index (χ2n) is 4.92. The zero-order valence-corrected chi connectivity index (χ0v) is 12.5. The lowest BCUT2D eigenvalue weighted by molar-refractivity contribution is 0.180. The molecule has 20 heavy (non-hydrogen) atoms. The lowest BCUT2D eigenvalue weighted by Crippen LogP contribution is -2.02. The molecule has 0 amide bonds. The summed E-state index contributed by atoms with van der Waals surface area (Å²) in [4.78, 5) is 0. The Morgan fingerprint density at radius 3 is 2.50 bits per heavy atom. The van der Waals surface area contributed by atoms with Crippen molar-refractivity contribution in [1.82, 2.24) is 0 Å². The first-order valence-corrected chi connectivity index (χ1v) is 7.43. The molecule has 0 spiro atoms. The SMILES string of the molecule is OC(Cc1cccc(Br)c1)c1cccc2ccccc12. The average molecular weight is 327 g/mol. The molecular formula is C18H15BrO. The van der Waals surface area contributed by atoms with Crippen LogP contribution in [0, 0.1) is 0 Å². The molecule has 1 nitrogen and oxygen atoms in total. The highest BCUT2D eigenvalue weighted by atomic mass is 79.9. The van der Waals surface area contributed by atoms with Crippen molar-refractivity contribution in [3.63, 3.8) is 0 Å². The molecule has 0 aliphatic heterocycles. The van der Waals surface area contributed by atoms with Crippen molar-refractivity contribution < 1.29 is 5.11 Å². The second kappa shape index (κ2) is 5.78. The standard InChI is InChI=1S/C18H15BrO/c19-15-8-3-5-13(11-15)12-18(20)17-10-4-7-14-6-1-2-9-16(14)17/h1-11,18,20H,12H2. The van der Waals surface area contributed by atoms with Crippen LogP contribution in [0.3, 0.4) is 0 Å². The fraction of sp³-hybridized carbons (Fsp3) is 0.111. The highest BCUT2D eigenvalue weighted by Crippen LogP contribution is 2.27. The molecule has 0 aliphatic carbocycles. The van der Waals surface area contributed by atoms with Gasteiger partial charge in [0.05, 0.1) is 6.10 Å². The van der Waals surface area contributed by atoms with E-state index in [1.54, 1.807) is 0 Å². The van der Waals surface area contributed by atoms with E-state index in [9.17, 15) is 5.11 Å². The highest BCUT2D eigenvalue weighted by molar-refractivity contribution is 9.10. The average Bonchev–Trinajstić information content (AvgIpc) is 2.46. The Kier molecular flexibility index (Phi) is 3.86. The molecule has 0 saturated carbocycles. The summed E-state index contributed by atoms with van der Waals surface area (Å²) in [5.41, 5.74) is 2.11. The third-order valence-corrected chi connectivity index (χ3v) is 3.99. The number of hydrogen-bond donors (Lipinski definition) is 1. The number of rotatable bonds is 3. The summed E-state index contributed by atoms with van der Waals surface area (Å²) in [6.45, 7) is 0. The topological polar surface area (TPSA) is 20.2 Å². The van der Waals surface area contributed by atoms with Gasteiger partial charge in [-0.2, -0.15) is 0 Å².